The monoisotopic (exact) mass is 380 g/mol. The van der Waals surface area contributed by atoms with Crippen LogP contribution in [0.1, 0.15) is 44.1 Å². The lowest BCUT2D eigenvalue weighted by molar-refractivity contribution is 0.165. The van der Waals surface area contributed by atoms with Gasteiger partial charge in [0.15, 0.2) is 0 Å². The summed E-state index contributed by atoms with van der Waals surface area (Å²) in [5.74, 6) is 2.46. The summed E-state index contributed by atoms with van der Waals surface area (Å²) < 4.78 is 2.36. The van der Waals surface area contributed by atoms with E-state index in [-0.39, 0.29) is 0 Å². The van der Waals surface area contributed by atoms with E-state index >= 15 is 0 Å². The number of aromatic nitrogens is 3. The Hall–Kier alpha value is -1.98. The Morgan fingerprint density at radius 3 is 2.67 bits per heavy atom. The first-order valence-corrected chi connectivity index (χ1v) is 10.8. The van der Waals surface area contributed by atoms with Crippen LogP contribution in [0.3, 0.4) is 0 Å². The lowest BCUT2D eigenvalue weighted by Crippen LogP contribution is -2.34. The highest BCUT2D eigenvalue weighted by Crippen LogP contribution is 2.26. The SMILES string of the molecule is CC(C)c1nccn1CC1CCN(Cc2csc(-c3ccccc3)n2)CC1. The molecule has 4 rings (SSSR count). The van der Waals surface area contributed by atoms with Crippen molar-refractivity contribution in [1.29, 1.82) is 0 Å². The molecule has 1 fully saturated rings. The van der Waals surface area contributed by atoms with Crippen molar-refractivity contribution in [2.45, 2.75) is 45.7 Å². The Morgan fingerprint density at radius 1 is 1.15 bits per heavy atom. The summed E-state index contributed by atoms with van der Waals surface area (Å²) in [6, 6.07) is 10.5. The molecule has 1 saturated heterocycles. The quantitative estimate of drug-likeness (QED) is 0.600. The van der Waals surface area contributed by atoms with Gasteiger partial charge in [-0.25, -0.2) is 9.97 Å². The molecule has 0 atom stereocenters. The van der Waals surface area contributed by atoms with E-state index in [1.54, 1.807) is 11.3 Å². The van der Waals surface area contributed by atoms with E-state index in [2.05, 4.69) is 70.2 Å². The van der Waals surface area contributed by atoms with Crippen LogP contribution in [-0.4, -0.2) is 32.5 Å². The van der Waals surface area contributed by atoms with Crippen LogP contribution in [0.4, 0.5) is 0 Å². The number of nitrogens with zero attached hydrogens (tertiary/aromatic N) is 4. The standard InChI is InChI=1S/C22H28N4S/c1-17(2)21-23-10-13-26(21)14-18-8-11-25(12-9-18)15-20-16-27-22(24-20)19-6-4-3-5-7-19/h3-7,10,13,16-18H,8-9,11-12,14-15H2,1-2H3. The van der Waals surface area contributed by atoms with Crippen LogP contribution in [0.2, 0.25) is 0 Å². The molecule has 3 heterocycles. The predicted octanol–water partition coefficient (Wildman–Crippen LogP) is 5.04. The summed E-state index contributed by atoms with van der Waals surface area (Å²) in [6.45, 7) is 8.84. The van der Waals surface area contributed by atoms with Crippen LogP contribution >= 0.6 is 11.3 Å². The number of imidazole rings is 1. The molecule has 0 amide bonds. The molecular formula is C22H28N4S. The van der Waals surface area contributed by atoms with Gasteiger partial charge in [0.05, 0.1) is 5.69 Å². The summed E-state index contributed by atoms with van der Waals surface area (Å²) in [6.07, 6.45) is 6.59. The number of hydrogen-bond acceptors (Lipinski definition) is 4. The summed E-state index contributed by atoms with van der Waals surface area (Å²) in [5, 5.41) is 3.34. The van der Waals surface area contributed by atoms with Crippen molar-refractivity contribution in [3.63, 3.8) is 0 Å². The minimum absolute atomic E-state index is 0.489. The smallest absolute Gasteiger partial charge is 0.123 e. The average Bonchev–Trinajstić information content (AvgIpc) is 3.34. The van der Waals surface area contributed by atoms with E-state index in [0.717, 1.165) is 37.1 Å². The average molecular weight is 381 g/mol. The van der Waals surface area contributed by atoms with Gasteiger partial charge in [-0.2, -0.15) is 0 Å². The van der Waals surface area contributed by atoms with Crippen molar-refractivity contribution in [2.75, 3.05) is 13.1 Å². The summed E-state index contributed by atoms with van der Waals surface area (Å²) in [7, 11) is 0. The molecule has 2 aromatic heterocycles. The Kier molecular flexibility index (Phi) is 5.69. The van der Waals surface area contributed by atoms with Crippen molar-refractivity contribution in [3.05, 3.63) is 59.6 Å². The molecule has 1 aliphatic heterocycles. The minimum atomic E-state index is 0.489. The van der Waals surface area contributed by atoms with E-state index in [1.165, 1.54) is 29.9 Å². The first-order valence-electron chi connectivity index (χ1n) is 9.92. The van der Waals surface area contributed by atoms with Gasteiger partial charge in [-0.3, -0.25) is 4.90 Å². The summed E-state index contributed by atoms with van der Waals surface area (Å²) in [5.41, 5.74) is 2.42. The number of hydrogen-bond donors (Lipinski definition) is 0. The van der Waals surface area contributed by atoms with Crippen molar-refractivity contribution in [3.8, 4) is 10.6 Å². The second-order valence-corrected chi connectivity index (χ2v) is 8.68. The van der Waals surface area contributed by atoms with E-state index in [0.29, 0.717) is 5.92 Å². The minimum Gasteiger partial charge on any atom is -0.334 e. The van der Waals surface area contributed by atoms with Crippen molar-refractivity contribution in [1.82, 2.24) is 19.4 Å². The topological polar surface area (TPSA) is 34.0 Å². The highest BCUT2D eigenvalue weighted by molar-refractivity contribution is 7.13. The molecule has 0 saturated carbocycles. The van der Waals surface area contributed by atoms with E-state index in [9.17, 15) is 0 Å². The van der Waals surface area contributed by atoms with Gasteiger partial charge in [-0.15, -0.1) is 11.3 Å². The Balaban J connectivity index is 1.30. The number of likely N-dealkylation sites (tertiary alicyclic amines) is 1. The highest BCUT2D eigenvalue weighted by Gasteiger charge is 2.21. The lowest BCUT2D eigenvalue weighted by Gasteiger charge is -2.32. The third-order valence-electron chi connectivity index (χ3n) is 5.38. The fraction of sp³-hybridized carbons (Fsp3) is 0.455. The van der Waals surface area contributed by atoms with Crippen LogP contribution in [0.5, 0.6) is 0 Å². The molecule has 4 nitrogen and oxygen atoms in total. The zero-order valence-electron chi connectivity index (χ0n) is 16.2. The van der Waals surface area contributed by atoms with Crippen LogP contribution in [0, 0.1) is 5.92 Å². The van der Waals surface area contributed by atoms with Crippen molar-refractivity contribution >= 4 is 11.3 Å². The van der Waals surface area contributed by atoms with Gasteiger partial charge >= 0.3 is 0 Å². The molecule has 0 bridgehead atoms. The van der Waals surface area contributed by atoms with Crippen LogP contribution < -0.4 is 0 Å². The van der Waals surface area contributed by atoms with Crippen LogP contribution in [0.15, 0.2) is 48.1 Å². The second-order valence-electron chi connectivity index (χ2n) is 7.82. The maximum absolute atomic E-state index is 4.85. The van der Waals surface area contributed by atoms with Gasteiger partial charge in [-0.05, 0) is 31.8 Å². The predicted molar refractivity (Wildman–Crippen MR) is 112 cm³/mol. The Labute approximate surface area is 165 Å². The highest BCUT2D eigenvalue weighted by atomic mass is 32.1. The van der Waals surface area contributed by atoms with E-state index in [4.69, 9.17) is 4.98 Å². The maximum atomic E-state index is 4.85. The molecule has 1 aliphatic rings. The molecule has 0 radical (unpaired) electrons. The summed E-state index contributed by atoms with van der Waals surface area (Å²) >= 11 is 1.75. The number of rotatable bonds is 6. The van der Waals surface area contributed by atoms with Gasteiger partial charge in [0, 0.05) is 42.3 Å². The van der Waals surface area contributed by atoms with Crippen LogP contribution in [0.25, 0.3) is 10.6 Å². The molecule has 142 valence electrons. The molecule has 27 heavy (non-hydrogen) atoms. The van der Waals surface area contributed by atoms with Crippen molar-refractivity contribution < 1.29 is 0 Å². The normalized spacial score (nSPS) is 16.3. The first kappa shape index (κ1) is 18.4. The van der Waals surface area contributed by atoms with Gasteiger partial charge < -0.3 is 4.57 Å². The molecule has 0 aliphatic carbocycles. The molecule has 0 unspecified atom stereocenters. The summed E-state index contributed by atoms with van der Waals surface area (Å²) in [4.78, 5) is 11.9. The zero-order valence-corrected chi connectivity index (χ0v) is 17.0. The number of benzene rings is 1. The molecule has 5 heteroatoms. The van der Waals surface area contributed by atoms with Crippen LogP contribution in [-0.2, 0) is 13.1 Å². The third-order valence-corrected chi connectivity index (χ3v) is 6.32. The van der Waals surface area contributed by atoms with Crippen molar-refractivity contribution in [2.24, 2.45) is 5.92 Å². The van der Waals surface area contributed by atoms with E-state index < -0.39 is 0 Å². The second kappa shape index (κ2) is 8.36. The Morgan fingerprint density at radius 2 is 1.93 bits per heavy atom. The van der Waals surface area contributed by atoms with Gasteiger partial charge in [0.25, 0.3) is 0 Å². The Bertz CT molecular complexity index is 844. The lowest BCUT2D eigenvalue weighted by atomic mass is 9.96. The van der Waals surface area contributed by atoms with Gasteiger partial charge in [0.1, 0.15) is 10.8 Å². The maximum Gasteiger partial charge on any atom is 0.123 e. The fourth-order valence-electron chi connectivity index (χ4n) is 3.90. The largest absolute Gasteiger partial charge is 0.334 e. The van der Waals surface area contributed by atoms with E-state index in [1.807, 2.05) is 6.20 Å². The zero-order chi connectivity index (χ0) is 18.6. The molecule has 1 aromatic carbocycles. The molecular weight excluding hydrogens is 352 g/mol. The number of thiazole rings is 1. The molecule has 0 N–H and O–H groups in total. The van der Waals surface area contributed by atoms with Gasteiger partial charge in [-0.1, -0.05) is 44.2 Å². The van der Waals surface area contributed by atoms with Gasteiger partial charge in [0.2, 0.25) is 0 Å². The molecule has 0 spiro atoms. The third kappa shape index (κ3) is 4.47. The molecule has 3 aromatic rings. The first-order chi connectivity index (χ1) is 13.2. The number of piperidine rings is 1. The fourth-order valence-corrected chi connectivity index (χ4v) is 4.72.